The molecule has 1 aromatic heterocycles. The Morgan fingerprint density at radius 1 is 1.11 bits per heavy atom. The van der Waals surface area contributed by atoms with Crippen LogP contribution in [0.3, 0.4) is 0 Å². The molecule has 0 bridgehead atoms. The predicted octanol–water partition coefficient (Wildman–Crippen LogP) is 4.31. The van der Waals surface area contributed by atoms with E-state index in [1.165, 1.54) is 9.71 Å². The van der Waals surface area contributed by atoms with Crippen molar-refractivity contribution in [2.24, 2.45) is 17.8 Å². The third-order valence-electron chi connectivity index (χ3n) is 3.71. The summed E-state index contributed by atoms with van der Waals surface area (Å²) in [5.41, 5.74) is 1.12. The Morgan fingerprint density at radius 2 is 1.79 bits per heavy atom. The third kappa shape index (κ3) is 3.77. The molecular formula is C16H24N2S. The average molecular weight is 276 g/mol. The highest BCUT2D eigenvalue weighted by Crippen LogP contribution is 2.22. The molecule has 104 valence electrons. The van der Waals surface area contributed by atoms with Crippen LogP contribution < -0.4 is 5.32 Å². The number of aromatic nitrogens is 1. The molecule has 2 nitrogen and oxygen atoms in total. The lowest BCUT2D eigenvalue weighted by molar-refractivity contribution is 0.275. The topological polar surface area (TPSA) is 24.9 Å². The summed E-state index contributed by atoms with van der Waals surface area (Å²) < 4.78 is 1.28. The molecule has 0 fully saturated rings. The summed E-state index contributed by atoms with van der Waals surface area (Å²) in [5.74, 6) is 2.18. The minimum Gasteiger partial charge on any atom is -0.310 e. The molecule has 0 aliphatic rings. The highest BCUT2D eigenvalue weighted by atomic mass is 32.1. The number of thiazole rings is 1. The summed E-state index contributed by atoms with van der Waals surface area (Å²) in [5, 5.41) is 4.76. The van der Waals surface area contributed by atoms with Gasteiger partial charge in [-0.05, 0) is 36.4 Å². The zero-order valence-corrected chi connectivity index (χ0v) is 13.1. The second-order valence-electron chi connectivity index (χ2n) is 5.86. The first-order chi connectivity index (χ1) is 9.08. The molecule has 19 heavy (non-hydrogen) atoms. The average Bonchev–Trinajstić information content (AvgIpc) is 2.76. The molecule has 3 heteroatoms. The first-order valence-electron chi connectivity index (χ1n) is 7.13. The molecule has 0 aliphatic heterocycles. The number of para-hydroxylation sites is 1. The maximum absolute atomic E-state index is 4.66. The fraction of sp³-hybridized carbons (Fsp3) is 0.562. The van der Waals surface area contributed by atoms with Crippen LogP contribution in [0.4, 0.5) is 0 Å². The van der Waals surface area contributed by atoms with Crippen LogP contribution >= 0.6 is 11.3 Å². The van der Waals surface area contributed by atoms with E-state index in [1.807, 2.05) is 6.07 Å². The third-order valence-corrected chi connectivity index (χ3v) is 4.74. The normalized spacial score (nSPS) is 12.2. The molecule has 0 saturated carbocycles. The quantitative estimate of drug-likeness (QED) is 0.850. The van der Waals surface area contributed by atoms with Crippen molar-refractivity contribution in [2.75, 3.05) is 6.54 Å². The van der Waals surface area contributed by atoms with Crippen LogP contribution in [0.1, 0.15) is 32.7 Å². The first kappa shape index (κ1) is 14.5. The summed E-state index contributed by atoms with van der Waals surface area (Å²) in [7, 11) is 0. The molecule has 1 heterocycles. The molecule has 0 radical (unpaired) electrons. The molecule has 1 aromatic carbocycles. The molecule has 0 spiro atoms. The number of hydrogen-bond donors (Lipinski definition) is 1. The largest absolute Gasteiger partial charge is 0.310 e. The summed E-state index contributed by atoms with van der Waals surface area (Å²) in [6.07, 6.45) is 0. The van der Waals surface area contributed by atoms with E-state index < -0.39 is 0 Å². The van der Waals surface area contributed by atoms with Gasteiger partial charge in [0.25, 0.3) is 0 Å². The predicted molar refractivity (Wildman–Crippen MR) is 84.5 cm³/mol. The number of benzene rings is 1. The molecule has 0 amide bonds. The van der Waals surface area contributed by atoms with Crippen molar-refractivity contribution in [3.05, 3.63) is 29.3 Å². The van der Waals surface area contributed by atoms with Gasteiger partial charge in [0, 0.05) is 6.54 Å². The maximum atomic E-state index is 4.66. The lowest BCUT2D eigenvalue weighted by Gasteiger charge is -2.24. The van der Waals surface area contributed by atoms with E-state index in [2.05, 4.69) is 56.2 Å². The number of fused-ring (bicyclic) bond motifs is 1. The van der Waals surface area contributed by atoms with Crippen LogP contribution in [0.25, 0.3) is 10.2 Å². The van der Waals surface area contributed by atoms with Gasteiger partial charge in [-0.25, -0.2) is 4.98 Å². The second-order valence-corrected chi connectivity index (χ2v) is 6.97. The lowest BCUT2D eigenvalue weighted by Crippen LogP contribution is -2.29. The monoisotopic (exact) mass is 276 g/mol. The zero-order valence-electron chi connectivity index (χ0n) is 12.3. The van der Waals surface area contributed by atoms with E-state index in [-0.39, 0.29) is 0 Å². The van der Waals surface area contributed by atoms with Crippen LogP contribution in [0, 0.1) is 17.8 Å². The van der Waals surface area contributed by atoms with Crippen molar-refractivity contribution in [2.45, 2.75) is 34.2 Å². The molecule has 0 aliphatic carbocycles. The Balaban J connectivity index is 1.91. The first-order valence-corrected chi connectivity index (χ1v) is 7.94. The van der Waals surface area contributed by atoms with Crippen molar-refractivity contribution in [1.82, 2.24) is 10.3 Å². The van der Waals surface area contributed by atoms with Crippen LogP contribution in [0.5, 0.6) is 0 Å². The Kier molecular flexibility index (Phi) is 4.94. The van der Waals surface area contributed by atoms with E-state index in [9.17, 15) is 0 Å². The van der Waals surface area contributed by atoms with E-state index in [4.69, 9.17) is 0 Å². The molecular weight excluding hydrogens is 252 g/mol. The Hall–Kier alpha value is -0.930. The van der Waals surface area contributed by atoms with Crippen molar-refractivity contribution < 1.29 is 0 Å². The minimum atomic E-state index is 0.725. The SMILES string of the molecule is CC(C)C(CNCc1nc2ccccc2s1)C(C)C. The second kappa shape index (κ2) is 6.49. The van der Waals surface area contributed by atoms with E-state index in [0.29, 0.717) is 0 Å². The molecule has 0 saturated heterocycles. The summed E-state index contributed by atoms with van der Waals surface area (Å²) in [6, 6.07) is 8.35. The van der Waals surface area contributed by atoms with Gasteiger partial charge in [0.15, 0.2) is 0 Å². The van der Waals surface area contributed by atoms with Crippen molar-refractivity contribution >= 4 is 21.6 Å². The summed E-state index contributed by atoms with van der Waals surface area (Å²) in [6.45, 7) is 11.2. The van der Waals surface area contributed by atoms with Gasteiger partial charge in [0.2, 0.25) is 0 Å². The van der Waals surface area contributed by atoms with Crippen LogP contribution in [0.15, 0.2) is 24.3 Å². The number of nitrogens with zero attached hydrogens (tertiary/aromatic N) is 1. The van der Waals surface area contributed by atoms with Gasteiger partial charge < -0.3 is 5.32 Å². The minimum absolute atomic E-state index is 0.725. The molecule has 2 aromatic rings. The Bertz CT molecular complexity index is 475. The van der Waals surface area contributed by atoms with Gasteiger partial charge >= 0.3 is 0 Å². The zero-order chi connectivity index (χ0) is 13.8. The van der Waals surface area contributed by atoms with Gasteiger partial charge in [0.05, 0.1) is 10.2 Å². The van der Waals surface area contributed by atoms with Gasteiger partial charge in [-0.3, -0.25) is 0 Å². The fourth-order valence-corrected chi connectivity index (χ4v) is 3.52. The Labute approximate surface area is 120 Å². The molecule has 0 unspecified atom stereocenters. The summed E-state index contributed by atoms with van der Waals surface area (Å²) in [4.78, 5) is 4.66. The van der Waals surface area contributed by atoms with Gasteiger partial charge in [-0.1, -0.05) is 39.8 Å². The van der Waals surface area contributed by atoms with Gasteiger partial charge in [-0.15, -0.1) is 11.3 Å². The number of rotatable bonds is 6. The molecule has 2 rings (SSSR count). The van der Waals surface area contributed by atoms with Crippen molar-refractivity contribution in [3.63, 3.8) is 0 Å². The highest BCUT2D eigenvalue weighted by Gasteiger charge is 2.16. The summed E-state index contributed by atoms with van der Waals surface area (Å²) >= 11 is 1.79. The van der Waals surface area contributed by atoms with Crippen LogP contribution in [-0.2, 0) is 6.54 Å². The van der Waals surface area contributed by atoms with Crippen molar-refractivity contribution in [3.8, 4) is 0 Å². The molecule has 1 N–H and O–H groups in total. The number of hydrogen-bond acceptors (Lipinski definition) is 3. The smallest absolute Gasteiger partial charge is 0.108 e. The van der Waals surface area contributed by atoms with Crippen LogP contribution in [0.2, 0.25) is 0 Å². The van der Waals surface area contributed by atoms with Gasteiger partial charge in [0.1, 0.15) is 5.01 Å². The Morgan fingerprint density at radius 3 is 2.42 bits per heavy atom. The highest BCUT2D eigenvalue weighted by molar-refractivity contribution is 7.18. The molecule has 0 atom stereocenters. The maximum Gasteiger partial charge on any atom is 0.108 e. The van der Waals surface area contributed by atoms with Crippen LogP contribution in [-0.4, -0.2) is 11.5 Å². The number of nitrogens with one attached hydrogen (secondary N) is 1. The fourth-order valence-electron chi connectivity index (χ4n) is 2.58. The van der Waals surface area contributed by atoms with Crippen molar-refractivity contribution in [1.29, 1.82) is 0 Å². The lowest BCUT2D eigenvalue weighted by atomic mass is 9.85. The standard InChI is InChI=1S/C16H24N2S/c1-11(2)13(12(3)4)9-17-10-16-18-14-7-5-6-8-15(14)19-16/h5-8,11-13,17H,9-10H2,1-4H3. The van der Waals surface area contributed by atoms with E-state index in [1.54, 1.807) is 11.3 Å². The van der Waals surface area contributed by atoms with E-state index >= 15 is 0 Å². The van der Waals surface area contributed by atoms with Gasteiger partial charge in [-0.2, -0.15) is 0 Å². The van der Waals surface area contributed by atoms with E-state index in [0.717, 1.165) is 36.4 Å².